The largest absolute Gasteiger partial charge is 0.466 e. The number of hydrogen-bond acceptors (Lipinski definition) is 5. The average molecular weight is 1260 g/mol. The maximum absolute atomic E-state index is 12.5. The first-order chi connectivity index (χ1) is 44.0. The Morgan fingerprint density at radius 1 is 0.303 bits per heavy atom. The zero-order valence-electron chi connectivity index (χ0n) is 61.0. The van der Waals surface area contributed by atoms with Crippen molar-refractivity contribution in [3.8, 4) is 0 Å². The van der Waals surface area contributed by atoms with Gasteiger partial charge in [0.1, 0.15) is 0 Å². The molecular formula is C83H163NO5. The van der Waals surface area contributed by atoms with Gasteiger partial charge < -0.3 is 20.3 Å². The number of allylic oxidation sites excluding steroid dienone is 1. The van der Waals surface area contributed by atoms with Crippen LogP contribution in [0.15, 0.2) is 12.2 Å². The van der Waals surface area contributed by atoms with E-state index in [9.17, 15) is 19.8 Å². The van der Waals surface area contributed by atoms with Crippen LogP contribution in [0.5, 0.6) is 0 Å². The van der Waals surface area contributed by atoms with Gasteiger partial charge >= 0.3 is 5.97 Å². The Kier molecular flexibility index (Phi) is 77.8. The molecule has 6 nitrogen and oxygen atoms in total. The first-order valence-electron chi connectivity index (χ1n) is 41.5. The van der Waals surface area contributed by atoms with Crippen LogP contribution in [0.25, 0.3) is 0 Å². The Labute approximate surface area is 559 Å². The minimum absolute atomic E-state index is 0.0267. The van der Waals surface area contributed by atoms with Crippen molar-refractivity contribution < 1.29 is 24.5 Å². The SMILES string of the molecule is CCCCCCCCCCCCCCCCCCCCC/C=C/C(O)C(CO)NC(=O)CCCCCCCCCCCCCCCCCCCCCCCCCCCCCCCCCCCCCCCOC(=O)CCCCCCCCCCCCCCCC. The third-order valence-electron chi connectivity index (χ3n) is 19.8. The summed E-state index contributed by atoms with van der Waals surface area (Å²) >= 11 is 0. The van der Waals surface area contributed by atoms with Crippen LogP contribution in [0.3, 0.4) is 0 Å². The maximum atomic E-state index is 12.5. The fraction of sp³-hybridized carbons (Fsp3) is 0.952. The van der Waals surface area contributed by atoms with Crippen molar-refractivity contribution in [2.45, 2.75) is 495 Å². The Morgan fingerprint density at radius 3 is 0.764 bits per heavy atom. The number of ether oxygens (including phenoxy) is 1. The molecule has 530 valence electrons. The van der Waals surface area contributed by atoms with Crippen LogP contribution in [0.2, 0.25) is 0 Å². The highest BCUT2D eigenvalue weighted by Crippen LogP contribution is 2.21. The quantitative estimate of drug-likeness (QED) is 0.0320. The zero-order valence-corrected chi connectivity index (χ0v) is 61.0. The lowest BCUT2D eigenvalue weighted by Gasteiger charge is -2.20. The number of aliphatic hydroxyl groups excluding tert-OH is 2. The van der Waals surface area contributed by atoms with Gasteiger partial charge in [0.05, 0.1) is 25.4 Å². The van der Waals surface area contributed by atoms with E-state index >= 15 is 0 Å². The molecule has 0 radical (unpaired) electrons. The minimum Gasteiger partial charge on any atom is -0.466 e. The molecule has 2 atom stereocenters. The summed E-state index contributed by atoms with van der Waals surface area (Å²) in [5.41, 5.74) is 0. The second kappa shape index (κ2) is 79.0. The van der Waals surface area contributed by atoms with E-state index in [4.69, 9.17) is 4.74 Å². The van der Waals surface area contributed by atoms with Crippen molar-refractivity contribution in [3.05, 3.63) is 12.2 Å². The van der Waals surface area contributed by atoms with Crippen molar-refractivity contribution in [2.24, 2.45) is 0 Å². The molecule has 0 aromatic carbocycles. The number of esters is 1. The lowest BCUT2D eigenvalue weighted by atomic mass is 10.0. The highest BCUT2D eigenvalue weighted by atomic mass is 16.5. The van der Waals surface area contributed by atoms with Crippen LogP contribution in [0.1, 0.15) is 483 Å². The van der Waals surface area contributed by atoms with Crippen molar-refractivity contribution in [3.63, 3.8) is 0 Å². The number of carbonyl (C=O) groups is 2. The summed E-state index contributed by atoms with van der Waals surface area (Å²) in [7, 11) is 0. The third-order valence-corrected chi connectivity index (χ3v) is 19.8. The first kappa shape index (κ1) is 87.6. The summed E-state index contributed by atoms with van der Waals surface area (Å²) in [6.45, 7) is 4.97. The van der Waals surface area contributed by atoms with Gasteiger partial charge in [-0.1, -0.05) is 450 Å². The molecular weight excluding hydrogens is 1090 g/mol. The molecule has 0 saturated carbocycles. The molecule has 0 aromatic rings. The van der Waals surface area contributed by atoms with Gasteiger partial charge in [-0.05, 0) is 32.1 Å². The molecule has 1 amide bonds. The van der Waals surface area contributed by atoms with E-state index in [1.165, 1.54) is 417 Å². The summed E-state index contributed by atoms with van der Waals surface area (Å²) in [4.78, 5) is 24.6. The summed E-state index contributed by atoms with van der Waals surface area (Å²) in [6, 6.07) is -0.624. The maximum Gasteiger partial charge on any atom is 0.305 e. The van der Waals surface area contributed by atoms with Gasteiger partial charge in [0.2, 0.25) is 5.91 Å². The lowest BCUT2D eigenvalue weighted by molar-refractivity contribution is -0.143. The van der Waals surface area contributed by atoms with Gasteiger partial charge in [-0.15, -0.1) is 0 Å². The molecule has 3 N–H and O–H groups in total. The van der Waals surface area contributed by atoms with Crippen LogP contribution in [0.4, 0.5) is 0 Å². The molecule has 0 bridgehead atoms. The molecule has 0 rings (SSSR count). The number of carbonyl (C=O) groups excluding carboxylic acids is 2. The molecule has 0 saturated heterocycles. The first-order valence-corrected chi connectivity index (χ1v) is 41.5. The Hall–Kier alpha value is -1.40. The molecule has 0 fully saturated rings. The minimum atomic E-state index is -0.841. The van der Waals surface area contributed by atoms with Crippen LogP contribution < -0.4 is 5.32 Å². The number of amides is 1. The van der Waals surface area contributed by atoms with E-state index in [0.29, 0.717) is 19.4 Å². The Balaban J connectivity index is 3.31. The average Bonchev–Trinajstić information content (AvgIpc) is 3.63. The van der Waals surface area contributed by atoms with Gasteiger partial charge in [0, 0.05) is 12.8 Å². The van der Waals surface area contributed by atoms with Gasteiger partial charge in [0.25, 0.3) is 0 Å². The van der Waals surface area contributed by atoms with Crippen LogP contribution in [-0.4, -0.2) is 47.4 Å². The molecule has 0 aromatic heterocycles. The molecule has 89 heavy (non-hydrogen) atoms. The van der Waals surface area contributed by atoms with E-state index < -0.39 is 12.1 Å². The number of nitrogens with one attached hydrogen (secondary N) is 1. The number of hydrogen-bond donors (Lipinski definition) is 3. The van der Waals surface area contributed by atoms with Crippen LogP contribution in [0, 0.1) is 0 Å². The van der Waals surface area contributed by atoms with Crippen molar-refractivity contribution in [2.75, 3.05) is 13.2 Å². The predicted molar refractivity (Wildman–Crippen MR) is 394 cm³/mol. The van der Waals surface area contributed by atoms with Gasteiger partial charge in [-0.2, -0.15) is 0 Å². The molecule has 0 aliphatic rings. The predicted octanol–water partition coefficient (Wildman–Crippen LogP) is 27.4. The van der Waals surface area contributed by atoms with Crippen molar-refractivity contribution in [1.29, 1.82) is 0 Å². The van der Waals surface area contributed by atoms with E-state index in [0.717, 1.165) is 38.5 Å². The summed E-state index contributed by atoms with van der Waals surface area (Å²) < 4.78 is 5.51. The number of rotatable bonds is 79. The highest BCUT2D eigenvalue weighted by Gasteiger charge is 2.18. The normalized spacial score (nSPS) is 12.4. The summed E-state index contributed by atoms with van der Waals surface area (Å²) in [6.07, 6.45) is 101. The van der Waals surface area contributed by atoms with Crippen LogP contribution >= 0.6 is 0 Å². The van der Waals surface area contributed by atoms with Crippen LogP contribution in [-0.2, 0) is 14.3 Å². The van der Waals surface area contributed by atoms with Gasteiger partial charge in [-0.3, -0.25) is 9.59 Å². The molecule has 0 heterocycles. The smallest absolute Gasteiger partial charge is 0.305 e. The van der Waals surface area contributed by atoms with E-state index in [2.05, 4.69) is 19.2 Å². The molecule has 6 heteroatoms. The number of aliphatic hydroxyl groups is 2. The fourth-order valence-electron chi connectivity index (χ4n) is 13.5. The summed E-state index contributed by atoms with van der Waals surface area (Å²) in [5, 5.41) is 23.3. The second-order valence-corrected chi connectivity index (χ2v) is 28.8. The Morgan fingerprint density at radius 2 is 0.517 bits per heavy atom. The van der Waals surface area contributed by atoms with E-state index in [-0.39, 0.29) is 18.5 Å². The Bertz CT molecular complexity index is 1350. The molecule has 2 unspecified atom stereocenters. The number of unbranched alkanes of at least 4 members (excludes halogenated alkanes) is 68. The zero-order chi connectivity index (χ0) is 64.2. The van der Waals surface area contributed by atoms with E-state index in [1.54, 1.807) is 6.08 Å². The molecule has 0 spiro atoms. The van der Waals surface area contributed by atoms with E-state index in [1.807, 2.05) is 6.08 Å². The van der Waals surface area contributed by atoms with Gasteiger partial charge in [0.15, 0.2) is 0 Å². The monoisotopic (exact) mass is 1250 g/mol. The third kappa shape index (κ3) is 75.5. The van der Waals surface area contributed by atoms with Crippen molar-refractivity contribution >= 4 is 11.9 Å². The standard InChI is InChI=1S/C83H163NO5/c1-3-5-7-9-11-13-15-17-19-20-21-39-42-45-48-51-55-59-63-67-71-75-81(86)80(79-85)84-82(87)76-72-68-64-60-56-52-49-46-43-40-37-35-33-31-29-27-25-23-22-24-26-28-30-32-34-36-38-41-44-47-50-54-58-62-66-70-74-78-89-83(88)77-73-69-65-61-57-53-18-16-14-12-10-8-6-4-2/h71,75,80-81,85-86H,3-70,72-74,76-79H2,1-2H3,(H,84,87)/b75-71+. The highest BCUT2D eigenvalue weighted by molar-refractivity contribution is 5.76. The molecule has 0 aliphatic heterocycles. The molecule has 0 aliphatic carbocycles. The lowest BCUT2D eigenvalue weighted by Crippen LogP contribution is -2.45. The van der Waals surface area contributed by atoms with Gasteiger partial charge in [-0.25, -0.2) is 0 Å². The summed E-state index contributed by atoms with van der Waals surface area (Å²) in [5.74, 6) is -0.0301. The topological polar surface area (TPSA) is 95.9 Å². The van der Waals surface area contributed by atoms with Crippen molar-refractivity contribution in [1.82, 2.24) is 5.32 Å². The fourth-order valence-corrected chi connectivity index (χ4v) is 13.5. The second-order valence-electron chi connectivity index (χ2n) is 28.8.